The summed E-state index contributed by atoms with van der Waals surface area (Å²) in [6.45, 7) is 5.19. The lowest BCUT2D eigenvalue weighted by Crippen LogP contribution is -2.62. The standard InChI is InChI=1S/C17H28N2O/c1-2-3-19(15-9-18-10-15)17(20)16-13-5-11-4-12(7-13)8-14(16)6-11/h11-16,18H,2-10H2,1H3. The van der Waals surface area contributed by atoms with Crippen LogP contribution in [0.1, 0.15) is 45.4 Å². The normalized spacial score (nSPS) is 42.5. The van der Waals surface area contributed by atoms with E-state index < -0.39 is 0 Å². The molecule has 5 rings (SSSR count). The van der Waals surface area contributed by atoms with Crippen LogP contribution >= 0.6 is 0 Å². The van der Waals surface area contributed by atoms with Gasteiger partial charge in [-0.1, -0.05) is 6.92 Å². The lowest BCUT2D eigenvalue weighted by Gasteiger charge is -2.55. The Balaban J connectivity index is 1.52. The van der Waals surface area contributed by atoms with Crippen molar-refractivity contribution in [3.05, 3.63) is 0 Å². The first-order chi connectivity index (χ1) is 9.76. The second-order valence-electron chi connectivity index (χ2n) is 7.80. The third-order valence-corrected chi connectivity index (χ3v) is 6.46. The van der Waals surface area contributed by atoms with Crippen LogP contribution in [0.2, 0.25) is 0 Å². The van der Waals surface area contributed by atoms with E-state index in [-0.39, 0.29) is 0 Å². The Morgan fingerprint density at radius 3 is 2.10 bits per heavy atom. The van der Waals surface area contributed by atoms with Gasteiger partial charge in [0.25, 0.3) is 0 Å². The van der Waals surface area contributed by atoms with E-state index in [0.717, 1.165) is 49.7 Å². The van der Waals surface area contributed by atoms with Crippen molar-refractivity contribution >= 4 is 5.91 Å². The maximum atomic E-state index is 13.2. The van der Waals surface area contributed by atoms with Gasteiger partial charge in [-0.2, -0.15) is 0 Å². The van der Waals surface area contributed by atoms with Gasteiger partial charge in [0.05, 0.1) is 6.04 Å². The van der Waals surface area contributed by atoms with Gasteiger partial charge in [-0.25, -0.2) is 0 Å². The molecule has 1 heterocycles. The van der Waals surface area contributed by atoms with Crippen molar-refractivity contribution in [3.8, 4) is 0 Å². The third kappa shape index (κ3) is 2.01. The van der Waals surface area contributed by atoms with Crippen molar-refractivity contribution in [1.82, 2.24) is 10.2 Å². The second kappa shape index (κ2) is 5.01. The monoisotopic (exact) mass is 276 g/mol. The lowest BCUT2D eigenvalue weighted by atomic mass is 9.51. The highest BCUT2D eigenvalue weighted by Crippen LogP contribution is 2.56. The lowest BCUT2D eigenvalue weighted by molar-refractivity contribution is -0.152. The van der Waals surface area contributed by atoms with Crippen molar-refractivity contribution in [2.24, 2.45) is 29.6 Å². The quantitative estimate of drug-likeness (QED) is 0.854. The summed E-state index contributed by atoms with van der Waals surface area (Å²) in [6.07, 6.45) is 7.98. The molecule has 3 nitrogen and oxygen atoms in total. The van der Waals surface area contributed by atoms with Crippen molar-refractivity contribution < 1.29 is 4.79 Å². The van der Waals surface area contributed by atoms with E-state index in [1.165, 1.54) is 32.1 Å². The highest BCUT2D eigenvalue weighted by atomic mass is 16.2. The average Bonchev–Trinajstić information content (AvgIpc) is 2.34. The van der Waals surface area contributed by atoms with E-state index in [4.69, 9.17) is 0 Å². The molecule has 0 spiro atoms. The molecule has 5 fully saturated rings. The average molecular weight is 276 g/mol. The molecule has 4 bridgehead atoms. The fourth-order valence-corrected chi connectivity index (χ4v) is 5.73. The molecule has 0 aromatic rings. The van der Waals surface area contributed by atoms with E-state index >= 15 is 0 Å². The molecule has 20 heavy (non-hydrogen) atoms. The zero-order valence-electron chi connectivity index (χ0n) is 12.7. The first kappa shape index (κ1) is 13.1. The summed E-state index contributed by atoms with van der Waals surface area (Å²) in [6, 6.07) is 0.486. The number of carbonyl (C=O) groups excluding carboxylic acids is 1. The van der Waals surface area contributed by atoms with Gasteiger partial charge < -0.3 is 10.2 Å². The predicted molar refractivity (Wildman–Crippen MR) is 79.2 cm³/mol. The zero-order valence-corrected chi connectivity index (χ0v) is 12.7. The zero-order chi connectivity index (χ0) is 13.7. The number of rotatable bonds is 4. The number of nitrogens with one attached hydrogen (secondary N) is 1. The molecule has 112 valence electrons. The van der Waals surface area contributed by atoms with Gasteiger partial charge in [0, 0.05) is 25.6 Å². The molecule has 1 saturated heterocycles. The van der Waals surface area contributed by atoms with E-state index in [1.807, 2.05) is 0 Å². The van der Waals surface area contributed by atoms with Crippen LogP contribution in [0.3, 0.4) is 0 Å². The maximum absolute atomic E-state index is 13.2. The van der Waals surface area contributed by atoms with E-state index in [1.54, 1.807) is 0 Å². The first-order valence-corrected chi connectivity index (χ1v) is 8.77. The Morgan fingerprint density at radius 2 is 1.65 bits per heavy atom. The van der Waals surface area contributed by atoms with Crippen LogP contribution in [-0.4, -0.2) is 36.5 Å². The first-order valence-electron chi connectivity index (χ1n) is 8.77. The smallest absolute Gasteiger partial charge is 0.226 e. The van der Waals surface area contributed by atoms with Crippen molar-refractivity contribution in [2.45, 2.75) is 51.5 Å². The van der Waals surface area contributed by atoms with Crippen LogP contribution in [0.5, 0.6) is 0 Å². The second-order valence-corrected chi connectivity index (χ2v) is 7.80. The number of carbonyl (C=O) groups is 1. The summed E-state index contributed by atoms with van der Waals surface area (Å²) in [5, 5.41) is 3.33. The molecule has 4 saturated carbocycles. The van der Waals surface area contributed by atoms with Crippen molar-refractivity contribution in [2.75, 3.05) is 19.6 Å². The molecule has 0 unspecified atom stereocenters. The Hall–Kier alpha value is -0.570. The summed E-state index contributed by atoms with van der Waals surface area (Å²) in [4.78, 5) is 15.4. The van der Waals surface area contributed by atoms with Gasteiger partial charge in [-0.15, -0.1) is 0 Å². The summed E-state index contributed by atoms with van der Waals surface area (Å²) >= 11 is 0. The molecule has 0 aromatic carbocycles. The predicted octanol–water partition coefficient (Wildman–Crippen LogP) is 2.27. The molecule has 1 aliphatic heterocycles. The Labute approximate surface area is 122 Å². The number of hydrogen-bond donors (Lipinski definition) is 1. The van der Waals surface area contributed by atoms with Gasteiger partial charge in [-0.3, -0.25) is 4.79 Å². The molecule has 1 amide bonds. The Morgan fingerprint density at radius 1 is 1.05 bits per heavy atom. The molecule has 0 radical (unpaired) electrons. The highest BCUT2D eigenvalue weighted by molar-refractivity contribution is 5.80. The van der Waals surface area contributed by atoms with Crippen LogP contribution in [0.4, 0.5) is 0 Å². The van der Waals surface area contributed by atoms with Crippen LogP contribution in [0.25, 0.3) is 0 Å². The molecule has 3 heteroatoms. The number of nitrogens with zero attached hydrogens (tertiary/aromatic N) is 1. The van der Waals surface area contributed by atoms with E-state index in [2.05, 4.69) is 17.1 Å². The third-order valence-electron chi connectivity index (χ3n) is 6.46. The minimum atomic E-state index is 0.384. The molecule has 5 aliphatic rings. The van der Waals surface area contributed by atoms with Gasteiger partial charge in [0.2, 0.25) is 5.91 Å². The van der Waals surface area contributed by atoms with Gasteiger partial charge in [0.1, 0.15) is 0 Å². The van der Waals surface area contributed by atoms with Crippen molar-refractivity contribution in [3.63, 3.8) is 0 Å². The summed E-state index contributed by atoms with van der Waals surface area (Å²) in [5.41, 5.74) is 0. The highest BCUT2D eigenvalue weighted by Gasteiger charge is 2.52. The fourth-order valence-electron chi connectivity index (χ4n) is 5.73. The van der Waals surface area contributed by atoms with Crippen LogP contribution in [0.15, 0.2) is 0 Å². The molecule has 1 N–H and O–H groups in total. The molecule has 0 aromatic heterocycles. The van der Waals surface area contributed by atoms with Crippen LogP contribution < -0.4 is 5.32 Å². The SMILES string of the molecule is CCCN(C(=O)C1C2CC3CC(C2)CC1C3)C1CNC1. The Kier molecular flexibility index (Phi) is 3.29. The number of hydrogen-bond acceptors (Lipinski definition) is 2. The molecular formula is C17H28N2O. The minimum absolute atomic E-state index is 0.384. The summed E-state index contributed by atoms with van der Waals surface area (Å²) in [5.74, 6) is 4.29. The molecule has 4 aliphatic carbocycles. The molecule has 0 atom stereocenters. The van der Waals surface area contributed by atoms with Crippen LogP contribution in [0, 0.1) is 29.6 Å². The van der Waals surface area contributed by atoms with Crippen LogP contribution in [-0.2, 0) is 4.79 Å². The number of amides is 1. The summed E-state index contributed by atoms with van der Waals surface area (Å²) < 4.78 is 0. The van der Waals surface area contributed by atoms with E-state index in [0.29, 0.717) is 17.9 Å². The summed E-state index contributed by atoms with van der Waals surface area (Å²) in [7, 11) is 0. The topological polar surface area (TPSA) is 32.3 Å². The maximum Gasteiger partial charge on any atom is 0.226 e. The van der Waals surface area contributed by atoms with Gasteiger partial charge >= 0.3 is 0 Å². The van der Waals surface area contributed by atoms with Gasteiger partial charge in [0.15, 0.2) is 0 Å². The van der Waals surface area contributed by atoms with Gasteiger partial charge in [-0.05, 0) is 62.2 Å². The largest absolute Gasteiger partial charge is 0.337 e. The minimum Gasteiger partial charge on any atom is -0.337 e. The van der Waals surface area contributed by atoms with Crippen molar-refractivity contribution in [1.29, 1.82) is 0 Å². The molecular weight excluding hydrogens is 248 g/mol. The fraction of sp³-hybridized carbons (Fsp3) is 0.941. The Bertz CT molecular complexity index is 362. The van der Waals surface area contributed by atoms with E-state index in [9.17, 15) is 4.79 Å².